The number of nitrogens with zero attached hydrogens (tertiary/aromatic N) is 2. The SMILES string of the molecule is COc1cc(C#N)ccc1CC1CCC/C=C(C)\C(NC(=O)c2cc(C(N)=O)nc3cc(F)ccc23)=C/1C. The Morgan fingerprint density at radius 3 is 2.71 bits per heavy atom. The Balaban J connectivity index is 1.74. The summed E-state index contributed by atoms with van der Waals surface area (Å²) in [6, 6.07) is 12.8. The number of halogens is 1. The van der Waals surface area contributed by atoms with Crippen LogP contribution >= 0.6 is 0 Å². The van der Waals surface area contributed by atoms with Gasteiger partial charge in [-0.2, -0.15) is 5.26 Å². The molecule has 2 aromatic carbocycles. The van der Waals surface area contributed by atoms with Gasteiger partial charge in [-0.15, -0.1) is 0 Å². The van der Waals surface area contributed by atoms with E-state index in [2.05, 4.69) is 22.4 Å². The highest BCUT2D eigenvalue weighted by Crippen LogP contribution is 2.33. The summed E-state index contributed by atoms with van der Waals surface area (Å²) in [5.74, 6) is -1.01. The molecule has 1 aliphatic carbocycles. The van der Waals surface area contributed by atoms with E-state index in [4.69, 9.17) is 10.5 Å². The summed E-state index contributed by atoms with van der Waals surface area (Å²) in [6.07, 6.45) is 5.54. The monoisotopic (exact) mass is 512 g/mol. The number of benzene rings is 2. The lowest BCUT2D eigenvalue weighted by molar-refractivity contribution is 0.0967. The molecule has 8 heteroatoms. The van der Waals surface area contributed by atoms with Gasteiger partial charge in [0.1, 0.15) is 17.3 Å². The molecular formula is C30H29FN4O3. The molecule has 7 nitrogen and oxygen atoms in total. The summed E-state index contributed by atoms with van der Waals surface area (Å²) in [5.41, 5.74) is 9.85. The van der Waals surface area contributed by atoms with Gasteiger partial charge in [-0.05, 0) is 92.5 Å². The van der Waals surface area contributed by atoms with E-state index in [1.54, 1.807) is 19.2 Å². The second kappa shape index (κ2) is 11.3. The first-order valence-corrected chi connectivity index (χ1v) is 12.4. The van der Waals surface area contributed by atoms with Gasteiger partial charge >= 0.3 is 0 Å². The van der Waals surface area contributed by atoms with Gasteiger partial charge in [0.25, 0.3) is 11.8 Å². The number of hydrogen-bond donors (Lipinski definition) is 2. The van der Waals surface area contributed by atoms with E-state index in [9.17, 15) is 19.2 Å². The minimum Gasteiger partial charge on any atom is -0.496 e. The third kappa shape index (κ3) is 5.57. The highest BCUT2D eigenvalue weighted by molar-refractivity contribution is 6.09. The number of hydrogen-bond acceptors (Lipinski definition) is 5. The molecule has 4 rings (SSSR count). The molecule has 0 bridgehead atoms. The van der Waals surface area contributed by atoms with Crippen LogP contribution in [-0.2, 0) is 6.42 Å². The lowest BCUT2D eigenvalue weighted by atomic mass is 9.84. The van der Waals surface area contributed by atoms with Crippen molar-refractivity contribution in [2.24, 2.45) is 11.7 Å². The number of primary amides is 1. The summed E-state index contributed by atoms with van der Waals surface area (Å²) in [4.78, 5) is 29.6. The number of methoxy groups -OCH3 is 1. The minimum atomic E-state index is -0.806. The van der Waals surface area contributed by atoms with Crippen molar-refractivity contribution in [2.45, 2.75) is 39.5 Å². The van der Waals surface area contributed by atoms with Gasteiger partial charge in [0.05, 0.1) is 29.8 Å². The highest BCUT2D eigenvalue weighted by Gasteiger charge is 2.23. The van der Waals surface area contributed by atoms with Crippen LogP contribution in [0.2, 0.25) is 0 Å². The van der Waals surface area contributed by atoms with Crippen LogP contribution in [0.4, 0.5) is 4.39 Å². The molecule has 3 aromatic rings. The molecule has 1 heterocycles. The van der Waals surface area contributed by atoms with Crippen molar-refractivity contribution < 1.29 is 18.7 Å². The number of rotatable bonds is 6. The fourth-order valence-corrected chi connectivity index (χ4v) is 4.91. The summed E-state index contributed by atoms with van der Waals surface area (Å²) in [6.45, 7) is 3.96. The maximum absolute atomic E-state index is 13.9. The summed E-state index contributed by atoms with van der Waals surface area (Å²) in [5, 5.41) is 12.7. The predicted octanol–water partition coefficient (Wildman–Crippen LogP) is 5.35. The molecule has 0 radical (unpaired) electrons. The van der Waals surface area contributed by atoms with E-state index in [-0.39, 0.29) is 22.7 Å². The summed E-state index contributed by atoms with van der Waals surface area (Å²) in [7, 11) is 1.59. The quantitative estimate of drug-likeness (QED) is 0.462. The molecule has 1 atom stereocenters. The second-order valence-corrected chi connectivity index (χ2v) is 9.45. The van der Waals surface area contributed by atoms with Crippen molar-refractivity contribution >= 4 is 22.7 Å². The molecule has 1 aromatic heterocycles. The number of ether oxygens (including phenoxy) is 1. The molecule has 1 aliphatic rings. The van der Waals surface area contributed by atoms with E-state index in [0.717, 1.165) is 36.0 Å². The van der Waals surface area contributed by atoms with Crippen LogP contribution in [0.1, 0.15) is 65.1 Å². The standard InChI is InChI=1S/C30H29FN4O3/c1-17-6-4-5-7-20(13-21-9-8-19(16-32)12-27(21)38-3)18(2)28(17)35-30(37)24-15-26(29(33)36)34-25-14-22(31)10-11-23(24)25/h6,8-12,14-15,20H,4-5,7,13H2,1-3H3,(H2,33,36)(H,35,37)/b17-6-,28-18+. The number of aromatic nitrogens is 1. The highest BCUT2D eigenvalue weighted by atomic mass is 19.1. The number of amides is 2. The third-order valence-corrected chi connectivity index (χ3v) is 7.00. The smallest absolute Gasteiger partial charge is 0.267 e. The van der Waals surface area contributed by atoms with E-state index in [1.165, 1.54) is 24.3 Å². The van der Waals surface area contributed by atoms with Crippen LogP contribution in [0.3, 0.4) is 0 Å². The van der Waals surface area contributed by atoms with Gasteiger partial charge in [0.2, 0.25) is 0 Å². The molecule has 38 heavy (non-hydrogen) atoms. The fraction of sp³-hybridized carbons (Fsp3) is 0.267. The molecule has 1 unspecified atom stereocenters. The van der Waals surface area contributed by atoms with Crippen LogP contribution in [0, 0.1) is 23.1 Å². The number of carbonyl (C=O) groups excluding carboxylic acids is 2. The Labute approximate surface area is 220 Å². The number of nitrogens with two attached hydrogens (primary N) is 1. The maximum Gasteiger partial charge on any atom is 0.267 e. The normalized spacial score (nSPS) is 19.0. The van der Waals surface area contributed by atoms with Gasteiger partial charge in [-0.1, -0.05) is 12.1 Å². The first-order valence-electron chi connectivity index (χ1n) is 12.4. The number of pyridine rings is 1. The predicted molar refractivity (Wildman–Crippen MR) is 143 cm³/mol. The zero-order valence-electron chi connectivity index (χ0n) is 21.6. The zero-order chi connectivity index (χ0) is 27.4. The fourth-order valence-electron chi connectivity index (χ4n) is 4.91. The Morgan fingerprint density at radius 1 is 1.21 bits per heavy atom. The van der Waals surface area contributed by atoms with Crippen molar-refractivity contribution in [3.63, 3.8) is 0 Å². The summed E-state index contributed by atoms with van der Waals surface area (Å²) >= 11 is 0. The molecule has 0 saturated heterocycles. The number of carbonyl (C=O) groups is 2. The molecule has 194 valence electrons. The molecule has 0 aliphatic heterocycles. The van der Waals surface area contributed by atoms with E-state index in [0.29, 0.717) is 28.8 Å². The molecule has 0 saturated carbocycles. The number of nitrogens with one attached hydrogen (secondary N) is 1. The minimum absolute atomic E-state index is 0.111. The van der Waals surface area contributed by atoms with Crippen molar-refractivity contribution in [1.82, 2.24) is 10.3 Å². The lowest BCUT2D eigenvalue weighted by Gasteiger charge is -2.25. The van der Waals surface area contributed by atoms with Crippen LogP contribution < -0.4 is 15.8 Å². The van der Waals surface area contributed by atoms with E-state index in [1.807, 2.05) is 19.9 Å². The Morgan fingerprint density at radius 2 is 2.00 bits per heavy atom. The van der Waals surface area contributed by atoms with Gasteiger partial charge in [-0.25, -0.2) is 9.37 Å². The van der Waals surface area contributed by atoms with Gasteiger partial charge in [0.15, 0.2) is 0 Å². The topological polar surface area (TPSA) is 118 Å². The lowest BCUT2D eigenvalue weighted by Crippen LogP contribution is -2.28. The van der Waals surface area contributed by atoms with Crippen LogP contribution in [0.5, 0.6) is 5.75 Å². The first kappa shape index (κ1) is 26.6. The molecule has 3 N–H and O–H groups in total. The van der Waals surface area contributed by atoms with E-state index < -0.39 is 17.6 Å². The van der Waals surface area contributed by atoms with Crippen LogP contribution in [-0.4, -0.2) is 23.9 Å². The van der Waals surface area contributed by atoms with Gasteiger partial charge in [0, 0.05) is 17.1 Å². The molecule has 2 amide bonds. The van der Waals surface area contributed by atoms with Gasteiger partial charge < -0.3 is 15.8 Å². The van der Waals surface area contributed by atoms with Crippen LogP contribution in [0.15, 0.2) is 65.4 Å². The molecule has 0 spiro atoms. The van der Waals surface area contributed by atoms with Gasteiger partial charge in [-0.3, -0.25) is 9.59 Å². The largest absolute Gasteiger partial charge is 0.496 e. The average Bonchev–Trinajstić information content (AvgIpc) is 2.91. The average molecular weight is 513 g/mol. The number of nitriles is 1. The van der Waals surface area contributed by atoms with Crippen molar-refractivity contribution in [3.8, 4) is 11.8 Å². The second-order valence-electron chi connectivity index (χ2n) is 9.45. The third-order valence-electron chi connectivity index (χ3n) is 7.00. The number of allylic oxidation sites excluding steroid dienone is 3. The first-order chi connectivity index (χ1) is 18.2. The Kier molecular flexibility index (Phi) is 7.87. The summed E-state index contributed by atoms with van der Waals surface area (Å²) < 4.78 is 19.4. The Hall–Kier alpha value is -4.51. The molecular weight excluding hydrogens is 483 g/mol. The zero-order valence-corrected chi connectivity index (χ0v) is 21.6. The van der Waals surface area contributed by atoms with Crippen molar-refractivity contribution in [2.75, 3.05) is 7.11 Å². The van der Waals surface area contributed by atoms with Crippen molar-refractivity contribution in [3.05, 3.63) is 93.6 Å². The van der Waals surface area contributed by atoms with E-state index >= 15 is 0 Å². The maximum atomic E-state index is 13.9. The van der Waals surface area contributed by atoms with Crippen LogP contribution in [0.25, 0.3) is 10.9 Å². The number of fused-ring (bicyclic) bond motifs is 1. The van der Waals surface area contributed by atoms with Crippen molar-refractivity contribution in [1.29, 1.82) is 5.26 Å². The molecule has 0 fully saturated rings. The Bertz CT molecular complexity index is 1530.